The van der Waals surface area contributed by atoms with Gasteiger partial charge in [-0.15, -0.1) is 0 Å². The lowest BCUT2D eigenvalue weighted by atomic mass is 9.92. The maximum Gasteiger partial charge on any atom is 0.147 e. The molecule has 0 aliphatic carbocycles. The number of hydrogen-bond donors (Lipinski definition) is 0. The van der Waals surface area contributed by atoms with E-state index in [1.807, 2.05) is 0 Å². The van der Waals surface area contributed by atoms with E-state index in [1.165, 1.54) is 0 Å². The minimum Gasteiger partial charge on any atom is -0.355 e. The van der Waals surface area contributed by atoms with Gasteiger partial charge in [-0.3, -0.25) is 0 Å². The molecule has 0 aromatic heterocycles. The van der Waals surface area contributed by atoms with E-state index in [0.29, 0.717) is 13.6 Å². The molecule has 76 valence electrons. The second kappa shape index (κ2) is 3.92. The molecular weight excluding hydrogens is 172 g/mol. The molecular formula is C9H16O4. The first kappa shape index (κ1) is 9.40. The molecule has 2 heterocycles. The fourth-order valence-corrected chi connectivity index (χ4v) is 1.78. The summed E-state index contributed by atoms with van der Waals surface area (Å²) in [6.45, 7) is 4.40. The van der Waals surface area contributed by atoms with Crippen LogP contribution in [0.5, 0.6) is 0 Å². The van der Waals surface area contributed by atoms with Crippen LogP contribution in [0, 0.1) is 0 Å². The Morgan fingerprint density at radius 2 is 2.00 bits per heavy atom. The molecule has 0 amide bonds. The predicted octanol–water partition coefficient (Wildman–Crippen LogP) is 0.902. The number of rotatable bonds is 1. The summed E-state index contributed by atoms with van der Waals surface area (Å²) in [5, 5.41) is 0. The Bertz CT molecular complexity index is 159. The zero-order chi connectivity index (χ0) is 9.15. The van der Waals surface area contributed by atoms with Gasteiger partial charge in [0.15, 0.2) is 0 Å². The molecule has 0 N–H and O–H groups in total. The second-order valence-corrected chi connectivity index (χ2v) is 3.70. The Morgan fingerprint density at radius 1 is 1.15 bits per heavy atom. The van der Waals surface area contributed by atoms with Crippen LogP contribution < -0.4 is 0 Å². The summed E-state index contributed by atoms with van der Waals surface area (Å²) in [4.78, 5) is 0. The third kappa shape index (κ3) is 2.02. The largest absolute Gasteiger partial charge is 0.355 e. The lowest BCUT2D eigenvalue weighted by Crippen LogP contribution is -2.49. The van der Waals surface area contributed by atoms with E-state index >= 15 is 0 Å². The summed E-state index contributed by atoms with van der Waals surface area (Å²) in [6, 6.07) is 0. The number of ether oxygens (including phenoxy) is 4. The van der Waals surface area contributed by atoms with E-state index in [1.54, 1.807) is 0 Å². The van der Waals surface area contributed by atoms with Gasteiger partial charge in [-0.05, 0) is 13.3 Å². The SMILES string of the molecule is CC1(C2CCOCO2)CCOCO1. The van der Waals surface area contributed by atoms with Gasteiger partial charge in [-0.25, -0.2) is 0 Å². The second-order valence-electron chi connectivity index (χ2n) is 3.70. The summed E-state index contributed by atoms with van der Waals surface area (Å²) in [7, 11) is 0. The molecule has 2 unspecified atom stereocenters. The molecule has 13 heavy (non-hydrogen) atoms. The van der Waals surface area contributed by atoms with Gasteiger partial charge in [-0.1, -0.05) is 0 Å². The van der Waals surface area contributed by atoms with Crippen molar-refractivity contribution in [3.63, 3.8) is 0 Å². The van der Waals surface area contributed by atoms with E-state index in [4.69, 9.17) is 18.9 Å². The Hall–Kier alpha value is -0.160. The monoisotopic (exact) mass is 188 g/mol. The van der Waals surface area contributed by atoms with Crippen molar-refractivity contribution in [3.8, 4) is 0 Å². The van der Waals surface area contributed by atoms with Gasteiger partial charge in [0.2, 0.25) is 0 Å². The normalized spacial score (nSPS) is 41.8. The summed E-state index contributed by atoms with van der Waals surface area (Å²) < 4.78 is 21.4. The van der Waals surface area contributed by atoms with Crippen molar-refractivity contribution in [1.82, 2.24) is 0 Å². The van der Waals surface area contributed by atoms with Crippen LogP contribution in [0.15, 0.2) is 0 Å². The highest BCUT2D eigenvalue weighted by atomic mass is 16.7. The first-order valence-electron chi connectivity index (χ1n) is 4.72. The van der Waals surface area contributed by atoms with Crippen LogP contribution in [-0.2, 0) is 18.9 Å². The predicted molar refractivity (Wildman–Crippen MR) is 45.2 cm³/mol. The van der Waals surface area contributed by atoms with Gasteiger partial charge in [-0.2, -0.15) is 0 Å². The number of hydrogen-bond acceptors (Lipinski definition) is 4. The fraction of sp³-hybridized carbons (Fsp3) is 1.00. The van der Waals surface area contributed by atoms with Gasteiger partial charge in [0.05, 0.1) is 24.9 Å². The molecule has 0 saturated carbocycles. The molecule has 0 spiro atoms. The van der Waals surface area contributed by atoms with Gasteiger partial charge >= 0.3 is 0 Å². The minimum atomic E-state index is -0.179. The summed E-state index contributed by atoms with van der Waals surface area (Å²) in [6.07, 6.45) is 1.97. The van der Waals surface area contributed by atoms with Crippen molar-refractivity contribution in [1.29, 1.82) is 0 Å². The highest BCUT2D eigenvalue weighted by Gasteiger charge is 2.39. The maximum atomic E-state index is 5.60. The maximum absolute atomic E-state index is 5.60. The standard InChI is InChI=1S/C9H16O4/c1-9(3-5-11-7-13-9)8-2-4-10-6-12-8/h8H,2-7H2,1H3. The zero-order valence-corrected chi connectivity index (χ0v) is 7.95. The highest BCUT2D eigenvalue weighted by molar-refractivity contribution is 4.87. The average Bonchev–Trinajstić information content (AvgIpc) is 2.20. The average molecular weight is 188 g/mol. The topological polar surface area (TPSA) is 36.9 Å². The van der Waals surface area contributed by atoms with Gasteiger partial charge in [0.1, 0.15) is 13.6 Å². The molecule has 0 aromatic carbocycles. The van der Waals surface area contributed by atoms with Crippen molar-refractivity contribution in [3.05, 3.63) is 0 Å². The molecule has 2 rings (SSSR count). The highest BCUT2D eigenvalue weighted by Crippen LogP contribution is 2.29. The first-order valence-corrected chi connectivity index (χ1v) is 4.72. The lowest BCUT2D eigenvalue weighted by Gasteiger charge is -2.41. The molecule has 0 aromatic rings. The van der Waals surface area contributed by atoms with Crippen LogP contribution in [-0.4, -0.2) is 38.5 Å². The molecule has 2 saturated heterocycles. The quantitative estimate of drug-likeness (QED) is 0.612. The van der Waals surface area contributed by atoms with E-state index in [9.17, 15) is 0 Å². The van der Waals surface area contributed by atoms with Crippen LogP contribution in [0.4, 0.5) is 0 Å². The molecule has 2 atom stereocenters. The van der Waals surface area contributed by atoms with E-state index in [-0.39, 0.29) is 11.7 Å². The molecule has 4 nitrogen and oxygen atoms in total. The summed E-state index contributed by atoms with van der Waals surface area (Å²) in [5.74, 6) is 0. The Morgan fingerprint density at radius 3 is 2.62 bits per heavy atom. The summed E-state index contributed by atoms with van der Waals surface area (Å²) in [5.41, 5.74) is -0.179. The van der Waals surface area contributed by atoms with Crippen LogP contribution >= 0.6 is 0 Å². The van der Waals surface area contributed by atoms with Crippen molar-refractivity contribution < 1.29 is 18.9 Å². The van der Waals surface area contributed by atoms with Gasteiger partial charge < -0.3 is 18.9 Å². The molecule has 2 aliphatic rings. The Labute approximate surface area is 78.1 Å². The van der Waals surface area contributed by atoms with Crippen LogP contribution in [0.2, 0.25) is 0 Å². The third-order valence-electron chi connectivity index (χ3n) is 2.77. The summed E-state index contributed by atoms with van der Waals surface area (Å²) >= 11 is 0. The molecule has 2 aliphatic heterocycles. The molecule has 0 bridgehead atoms. The lowest BCUT2D eigenvalue weighted by molar-refractivity contribution is -0.262. The zero-order valence-electron chi connectivity index (χ0n) is 7.95. The van der Waals surface area contributed by atoms with Crippen LogP contribution in [0.1, 0.15) is 19.8 Å². The molecule has 4 heteroatoms. The van der Waals surface area contributed by atoms with Crippen molar-refractivity contribution >= 4 is 0 Å². The van der Waals surface area contributed by atoms with E-state index in [2.05, 4.69) is 6.92 Å². The van der Waals surface area contributed by atoms with Crippen LogP contribution in [0.3, 0.4) is 0 Å². The fourth-order valence-electron chi connectivity index (χ4n) is 1.78. The molecule has 0 radical (unpaired) electrons. The minimum absolute atomic E-state index is 0.158. The third-order valence-corrected chi connectivity index (χ3v) is 2.77. The van der Waals surface area contributed by atoms with Crippen molar-refractivity contribution in [2.75, 3.05) is 26.8 Å². The first-order chi connectivity index (χ1) is 6.31. The Kier molecular flexibility index (Phi) is 2.83. The van der Waals surface area contributed by atoms with E-state index in [0.717, 1.165) is 26.1 Å². The van der Waals surface area contributed by atoms with Crippen molar-refractivity contribution in [2.24, 2.45) is 0 Å². The van der Waals surface area contributed by atoms with Crippen molar-refractivity contribution in [2.45, 2.75) is 31.5 Å². The van der Waals surface area contributed by atoms with Gasteiger partial charge in [0, 0.05) is 6.42 Å². The Balaban J connectivity index is 1.94. The van der Waals surface area contributed by atoms with Crippen LogP contribution in [0.25, 0.3) is 0 Å². The van der Waals surface area contributed by atoms with E-state index < -0.39 is 0 Å². The smallest absolute Gasteiger partial charge is 0.147 e. The molecule has 2 fully saturated rings. The van der Waals surface area contributed by atoms with Gasteiger partial charge in [0.25, 0.3) is 0 Å².